The molecule has 3 nitrogen and oxygen atoms in total. The quantitative estimate of drug-likeness (QED) is 0.864. The predicted octanol–water partition coefficient (Wildman–Crippen LogP) is 3.09. The van der Waals surface area contributed by atoms with Gasteiger partial charge in [-0.1, -0.05) is 0 Å². The van der Waals surface area contributed by atoms with Crippen LogP contribution in [0.5, 0.6) is 0 Å². The number of aryl methyl sites for hydroxylation is 1. The fraction of sp³-hybridized carbons (Fsp3) is 0.462. The second-order valence-electron chi connectivity index (χ2n) is 4.52. The number of morpholine rings is 1. The van der Waals surface area contributed by atoms with Crippen molar-refractivity contribution in [3.63, 3.8) is 0 Å². The molecule has 1 aliphatic rings. The highest BCUT2D eigenvalue weighted by Gasteiger charge is 2.26. The Hall–Kier alpha value is -0.750. The number of aromatic nitrogens is 1. The summed E-state index contributed by atoms with van der Waals surface area (Å²) in [5.41, 5.74) is 2.50. The van der Waals surface area contributed by atoms with Crippen LogP contribution in [0.15, 0.2) is 22.2 Å². The third kappa shape index (κ3) is 2.64. The Morgan fingerprint density at radius 1 is 1.50 bits per heavy atom. The van der Waals surface area contributed by atoms with Crippen molar-refractivity contribution < 1.29 is 4.74 Å². The molecule has 0 radical (unpaired) electrons. The van der Waals surface area contributed by atoms with E-state index in [-0.39, 0.29) is 0 Å². The molecule has 0 saturated carbocycles. The summed E-state index contributed by atoms with van der Waals surface area (Å²) in [4.78, 5) is 7.09. The molecule has 0 aliphatic carbocycles. The van der Waals surface area contributed by atoms with Gasteiger partial charge in [-0.05, 0) is 29.3 Å². The highest BCUT2D eigenvalue weighted by molar-refractivity contribution is 7.09. The van der Waals surface area contributed by atoms with Crippen molar-refractivity contribution in [2.24, 2.45) is 0 Å². The number of nitrogens with zero attached hydrogens (tertiary/aromatic N) is 2. The Morgan fingerprint density at radius 2 is 2.44 bits per heavy atom. The molecule has 0 unspecified atom stereocenters. The van der Waals surface area contributed by atoms with E-state index in [4.69, 9.17) is 4.74 Å². The van der Waals surface area contributed by atoms with Crippen molar-refractivity contribution in [2.45, 2.75) is 19.5 Å². The molecule has 3 rings (SSSR count). The first-order valence-corrected chi connectivity index (χ1v) is 7.90. The molecular weight excluding hydrogens is 264 g/mol. The molecule has 0 bridgehead atoms. The molecule has 5 heteroatoms. The van der Waals surface area contributed by atoms with Crippen LogP contribution in [0.3, 0.4) is 0 Å². The van der Waals surface area contributed by atoms with Gasteiger partial charge in [-0.15, -0.1) is 11.3 Å². The third-order valence-corrected chi connectivity index (χ3v) is 4.92. The fourth-order valence-electron chi connectivity index (χ4n) is 2.20. The summed E-state index contributed by atoms with van der Waals surface area (Å²) in [5.74, 6) is 0. The first kappa shape index (κ1) is 12.3. The van der Waals surface area contributed by atoms with Crippen molar-refractivity contribution in [1.29, 1.82) is 0 Å². The van der Waals surface area contributed by atoms with E-state index in [1.807, 2.05) is 6.92 Å². The third-order valence-electron chi connectivity index (χ3n) is 3.13. The lowest BCUT2D eigenvalue weighted by Crippen LogP contribution is -2.38. The van der Waals surface area contributed by atoms with E-state index in [1.54, 1.807) is 22.7 Å². The second-order valence-corrected chi connectivity index (χ2v) is 6.19. The highest BCUT2D eigenvalue weighted by Crippen LogP contribution is 2.28. The summed E-state index contributed by atoms with van der Waals surface area (Å²) in [6.45, 7) is 5.62. The lowest BCUT2D eigenvalue weighted by atomic mass is 10.2. The summed E-state index contributed by atoms with van der Waals surface area (Å²) in [6.07, 6.45) is 0. The van der Waals surface area contributed by atoms with Gasteiger partial charge in [0, 0.05) is 24.2 Å². The van der Waals surface area contributed by atoms with E-state index in [9.17, 15) is 0 Å². The standard InChI is InChI=1S/C13H16N2OS2/c1-10-8-18-13(14-10)12-7-16-4-3-15(12)6-11-2-5-17-9-11/h2,5,8-9,12H,3-4,6-7H2,1H3/t12-/m1/s1. The first-order chi connectivity index (χ1) is 8.83. The van der Waals surface area contributed by atoms with Gasteiger partial charge in [-0.3, -0.25) is 4.90 Å². The molecule has 1 saturated heterocycles. The summed E-state index contributed by atoms with van der Waals surface area (Å²) in [6, 6.07) is 2.52. The zero-order chi connectivity index (χ0) is 12.4. The van der Waals surface area contributed by atoms with Crippen LogP contribution in [0.2, 0.25) is 0 Å². The average Bonchev–Trinajstić information content (AvgIpc) is 3.02. The van der Waals surface area contributed by atoms with Gasteiger partial charge in [0.2, 0.25) is 0 Å². The van der Waals surface area contributed by atoms with Crippen molar-refractivity contribution >= 4 is 22.7 Å². The van der Waals surface area contributed by atoms with Gasteiger partial charge in [0.1, 0.15) is 5.01 Å². The molecule has 96 valence electrons. The number of rotatable bonds is 3. The van der Waals surface area contributed by atoms with E-state index in [0.29, 0.717) is 6.04 Å². The molecule has 0 N–H and O–H groups in total. The topological polar surface area (TPSA) is 25.4 Å². The molecular formula is C13H16N2OS2. The van der Waals surface area contributed by atoms with Crippen molar-refractivity contribution in [1.82, 2.24) is 9.88 Å². The lowest BCUT2D eigenvalue weighted by molar-refractivity contribution is -0.0127. The van der Waals surface area contributed by atoms with E-state index < -0.39 is 0 Å². The molecule has 2 aromatic rings. The maximum Gasteiger partial charge on any atom is 0.112 e. The number of hydrogen-bond acceptors (Lipinski definition) is 5. The van der Waals surface area contributed by atoms with Crippen molar-refractivity contribution in [3.8, 4) is 0 Å². The van der Waals surface area contributed by atoms with Crippen LogP contribution in [0, 0.1) is 6.92 Å². The minimum Gasteiger partial charge on any atom is -0.378 e. The number of hydrogen-bond donors (Lipinski definition) is 0. The minimum absolute atomic E-state index is 0.317. The van der Waals surface area contributed by atoms with Gasteiger partial charge in [0.25, 0.3) is 0 Å². The van der Waals surface area contributed by atoms with E-state index in [1.165, 1.54) is 10.6 Å². The number of thiazole rings is 1. The summed E-state index contributed by atoms with van der Waals surface area (Å²) >= 11 is 3.50. The first-order valence-electron chi connectivity index (χ1n) is 6.08. The molecule has 1 fully saturated rings. The maximum absolute atomic E-state index is 5.62. The molecule has 0 amide bonds. The lowest BCUT2D eigenvalue weighted by Gasteiger charge is -2.34. The van der Waals surface area contributed by atoms with Crippen LogP contribution in [-0.2, 0) is 11.3 Å². The fourth-order valence-corrected chi connectivity index (χ4v) is 3.77. The van der Waals surface area contributed by atoms with Crippen LogP contribution in [-0.4, -0.2) is 29.6 Å². The van der Waals surface area contributed by atoms with E-state index >= 15 is 0 Å². The summed E-state index contributed by atoms with van der Waals surface area (Å²) < 4.78 is 5.62. The summed E-state index contributed by atoms with van der Waals surface area (Å²) in [5, 5.41) is 7.66. The zero-order valence-corrected chi connectivity index (χ0v) is 12.0. The van der Waals surface area contributed by atoms with Gasteiger partial charge >= 0.3 is 0 Å². The Morgan fingerprint density at radius 3 is 3.17 bits per heavy atom. The molecule has 0 aromatic carbocycles. The minimum atomic E-state index is 0.317. The smallest absolute Gasteiger partial charge is 0.112 e. The predicted molar refractivity (Wildman–Crippen MR) is 75.1 cm³/mol. The molecule has 18 heavy (non-hydrogen) atoms. The Bertz CT molecular complexity index is 495. The van der Waals surface area contributed by atoms with Gasteiger partial charge in [0.15, 0.2) is 0 Å². The second kappa shape index (κ2) is 5.48. The Labute approximate surface area is 115 Å². The Kier molecular flexibility index (Phi) is 3.75. The van der Waals surface area contributed by atoms with Gasteiger partial charge in [0.05, 0.1) is 19.3 Å². The van der Waals surface area contributed by atoms with Crippen molar-refractivity contribution in [3.05, 3.63) is 38.5 Å². The molecule has 1 aliphatic heterocycles. The summed E-state index contributed by atoms with van der Waals surface area (Å²) in [7, 11) is 0. The van der Waals surface area contributed by atoms with E-state index in [0.717, 1.165) is 32.0 Å². The largest absolute Gasteiger partial charge is 0.378 e. The molecule has 0 spiro atoms. The monoisotopic (exact) mass is 280 g/mol. The SMILES string of the molecule is Cc1csc([C@H]2COCCN2Cc2ccsc2)n1. The van der Waals surface area contributed by atoms with Crippen LogP contribution < -0.4 is 0 Å². The number of ether oxygens (including phenoxy) is 1. The van der Waals surface area contributed by atoms with Gasteiger partial charge in [-0.2, -0.15) is 11.3 Å². The van der Waals surface area contributed by atoms with Crippen LogP contribution in [0.1, 0.15) is 22.3 Å². The van der Waals surface area contributed by atoms with Crippen LogP contribution in [0.25, 0.3) is 0 Å². The van der Waals surface area contributed by atoms with E-state index in [2.05, 4.69) is 32.1 Å². The van der Waals surface area contributed by atoms with Gasteiger partial charge in [-0.25, -0.2) is 4.98 Å². The average molecular weight is 280 g/mol. The maximum atomic E-state index is 5.62. The highest BCUT2D eigenvalue weighted by atomic mass is 32.1. The number of thiophene rings is 1. The molecule has 1 atom stereocenters. The molecule has 3 heterocycles. The van der Waals surface area contributed by atoms with Crippen LogP contribution in [0.4, 0.5) is 0 Å². The van der Waals surface area contributed by atoms with Crippen molar-refractivity contribution in [2.75, 3.05) is 19.8 Å². The zero-order valence-electron chi connectivity index (χ0n) is 10.3. The normalized spacial score (nSPS) is 21.3. The van der Waals surface area contributed by atoms with Gasteiger partial charge < -0.3 is 4.74 Å². The molecule has 2 aromatic heterocycles. The van der Waals surface area contributed by atoms with Crippen LogP contribution >= 0.6 is 22.7 Å². The Balaban J connectivity index is 1.77.